The number of nitrogens with one attached hydrogen (secondary N) is 1. The van der Waals surface area contributed by atoms with Crippen molar-refractivity contribution in [2.75, 3.05) is 11.1 Å². The number of sulfone groups is 1. The van der Waals surface area contributed by atoms with Gasteiger partial charge in [0.05, 0.1) is 4.90 Å². The van der Waals surface area contributed by atoms with Crippen LogP contribution in [0.4, 0.5) is 5.69 Å². The first-order valence-corrected chi connectivity index (χ1v) is 9.84. The largest absolute Gasteiger partial charge is 0.480 e. The molecule has 138 valence electrons. The van der Waals surface area contributed by atoms with E-state index in [0.717, 1.165) is 12.0 Å². The molecule has 1 unspecified atom stereocenters. The number of carboxylic acid groups (broad SMARTS) is 1. The average molecular weight is 375 g/mol. The summed E-state index contributed by atoms with van der Waals surface area (Å²) < 4.78 is 23.7. The summed E-state index contributed by atoms with van der Waals surface area (Å²) in [5, 5.41) is 11.3. The van der Waals surface area contributed by atoms with Crippen LogP contribution in [0.25, 0.3) is 0 Å². The Morgan fingerprint density at radius 1 is 1.04 bits per heavy atom. The molecule has 1 atom stereocenters. The quantitative estimate of drug-likeness (QED) is 0.773. The number of amides is 1. The number of hydrogen-bond donors (Lipinski definition) is 2. The third-order valence-electron chi connectivity index (χ3n) is 4.14. The van der Waals surface area contributed by atoms with E-state index < -0.39 is 21.6 Å². The van der Waals surface area contributed by atoms with Gasteiger partial charge in [0.2, 0.25) is 0 Å². The number of carboxylic acids is 1. The van der Waals surface area contributed by atoms with Gasteiger partial charge < -0.3 is 10.4 Å². The minimum atomic E-state index is -3.88. The fourth-order valence-electron chi connectivity index (χ4n) is 2.39. The minimum absolute atomic E-state index is 0.101. The highest BCUT2D eigenvalue weighted by Crippen LogP contribution is 2.20. The summed E-state index contributed by atoms with van der Waals surface area (Å²) in [6, 6.07) is 12.8. The standard InChI is InChI=1S/C19H21NO5S/c1-3-13(2)14-4-6-15(7-5-14)19(23)20-16-8-10-17(11-9-16)26(24,25)12-18(21)22/h4-11,13H,3,12H2,1-2H3,(H,20,23)(H,21,22). The molecule has 2 rings (SSSR count). The molecule has 0 radical (unpaired) electrons. The summed E-state index contributed by atoms with van der Waals surface area (Å²) in [6.45, 7) is 4.22. The third-order valence-corrected chi connectivity index (χ3v) is 5.76. The number of aliphatic carboxylic acids is 1. The predicted octanol–water partition coefficient (Wildman–Crippen LogP) is 3.31. The molecule has 2 N–H and O–H groups in total. The molecule has 0 saturated heterocycles. The van der Waals surface area contributed by atoms with Crippen molar-refractivity contribution in [3.05, 3.63) is 59.7 Å². The molecule has 2 aromatic rings. The van der Waals surface area contributed by atoms with Crippen LogP contribution in [-0.4, -0.2) is 31.2 Å². The smallest absolute Gasteiger partial charge is 0.319 e. The molecule has 0 saturated carbocycles. The van der Waals surface area contributed by atoms with E-state index >= 15 is 0 Å². The molecule has 7 heteroatoms. The Kier molecular flexibility index (Phi) is 6.15. The molecule has 0 aliphatic rings. The molecular formula is C19H21NO5S. The van der Waals surface area contributed by atoms with Crippen molar-refractivity contribution in [2.24, 2.45) is 0 Å². The molecule has 2 aromatic carbocycles. The molecule has 0 fully saturated rings. The summed E-state index contributed by atoms with van der Waals surface area (Å²) in [6.07, 6.45) is 1.02. The number of anilines is 1. The third kappa shape index (κ3) is 4.92. The van der Waals surface area contributed by atoms with Crippen LogP contribution in [0, 0.1) is 0 Å². The van der Waals surface area contributed by atoms with Crippen molar-refractivity contribution in [3.63, 3.8) is 0 Å². The fourth-order valence-corrected chi connectivity index (χ4v) is 3.44. The highest BCUT2D eigenvalue weighted by atomic mass is 32.2. The van der Waals surface area contributed by atoms with Crippen molar-refractivity contribution in [2.45, 2.75) is 31.1 Å². The summed E-state index contributed by atoms with van der Waals surface area (Å²) in [5.41, 5.74) is 2.09. The van der Waals surface area contributed by atoms with E-state index in [-0.39, 0.29) is 10.8 Å². The Balaban J connectivity index is 2.09. The van der Waals surface area contributed by atoms with Gasteiger partial charge in [-0.25, -0.2) is 8.42 Å². The van der Waals surface area contributed by atoms with Gasteiger partial charge in [0.15, 0.2) is 15.6 Å². The second-order valence-corrected chi connectivity index (χ2v) is 8.05. The molecule has 0 aliphatic heterocycles. The van der Waals surface area contributed by atoms with Crippen molar-refractivity contribution in [1.29, 1.82) is 0 Å². The molecule has 26 heavy (non-hydrogen) atoms. The average Bonchev–Trinajstić information content (AvgIpc) is 2.60. The Morgan fingerprint density at radius 3 is 2.12 bits per heavy atom. The summed E-state index contributed by atoms with van der Waals surface area (Å²) >= 11 is 0. The van der Waals surface area contributed by atoms with Gasteiger partial charge in [-0.2, -0.15) is 0 Å². The van der Waals surface area contributed by atoms with Gasteiger partial charge in [0.1, 0.15) is 0 Å². The monoisotopic (exact) mass is 375 g/mol. The van der Waals surface area contributed by atoms with Gasteiger partial charge in [0, 0.05) is 11.3 Å². The minimum Gasteiger partial charge on any atom is -0.480 e. The van der Waals surface area contributed by atoms with Gasteiger partial charge in [-0.05, 0) is 54.3 Å². The molecule has 0 aliphatic carbocycles. The van der Waals surface area contributed by atoms with Gasteiger partial charge in [0.25, 0.3) is 5.91 Å². The first-order chi connectivity index (χ1) is 12.2. The Labute approximate surface area is 152 Å². The molecule has 0 heterocycles. The van der Waals surface area contributed by atoms with E-state index in [2.05, 4.69) is 19.2 Å². The van der Waals surface area contributed by atoms with Crippen molar-refractivity contribution < 1.29 is 23.1 Å². The van der Waals surface area contributed by atoms with E-state index in [1.807, 2.05) is 12.1 Å². The number of benzene rings is 2. The number of carbonyl (C=O) groups excluding carboxylic acids is 1. The molecule has 0 aromatic heterocycles. The van der Waals surface area contributed by atoms with Gasteiger partial charge in [-0.3, -0.25) is 9.59 Å². The molecule has 1 amide bonds. The maximum atomic E-state index is 12.3. The van der Waals surface area contributed by atoms with E-state index in [1.165, 1.54) is 24.3 Å². The molecule has 6 nitrogen and oxygen atoms in total. The normalized spacial score (nSPS) is 12.4. The Hall–Kier alpha value is -2.67. The van der Waals surface area contributed by atoms with Crippen molar-refractivity contribution in [1.82, 2.24) is 0 Å². The first-order valence-electron chi connectivity index (χ1n) is 8.19. The van der Waals surface area contributed by atoms with Crippen LogP contribution < -0.4 is 5.32 Å². The van der Waals surface area contributed by atoms with E-state index in [9.17, 15) is 18.0 Å². The van der Waals surface area contributed by atoms with Crippen LogP contribution in [0.15, 0.2) is 53.4 Å². The SMILES string of the molecule is CCC(C)c1ccc(C(=O)Nc2ccc(S(=O)(=O)CC(=O)O)cc2)cc1. The number of hydrogen-bond acceptors (Lipinski definition) is 4. The summed E-state index contributed by atoms with van der Waals surface area (Å²) in [4.78, 5) is 22.8. The zero-order valence-corrected chi connectivity index (χ0v) is 15.4. The number of carbonyl (C=O) groups is 2. The van der Waals surface area contributed by atoms with Crippen LogP contribution in [-0.2, 0) is 14.6 Å². The lowest BCUT2D eigenvalue weighted by Gasteiger charge is -2.10. The summed E-state index contributed by atoms with van der Waals surface area (Å²) in [5.74, 6) is -2.27. The van der Waals surface area contributed by atoms with Crippen molar-refractivity contribution >= 4 is 27.4 Å². The van der Waals surface area contributed by atoms with Gasteiger partial charge >= 0.3 is 5.97 Å². The maximum Gasteiger partial charge on any atom is 0.319 e. The van der Waals surface area contributed by atoms with Gasteiger partial charge in [-0.15, -0.1) is 0 Å². The lowest BCUT2D eigenvalue weighted by molar-refractivity contribution is -0.134. The fraction of sp³-hybridized carbons (Fsp3) is 0.263. The highest BCUT2D eigenvalue weighted by molar-refractivity contribution is 7.92. The highest BCUT2D eigenvalue weighted by Gasteiger charge is 2.18. The van der Waals surface area contributed by atoms with Crippen LogP contribution in [0.5, 0.6) is 0 Å². The van der Waals surface area contributed by atoms with Gasteiger partial charge in [-0.1, -0.05) is 26.0 Å². The lowest BCUT2D eigenvalue weighted by atomic mass is 9.97. The zero-order valence-electron chi connectivity index (χ0n) is 14.6. The van der Waals surface area contributed by atoms with Crippen LogP contribution in [0.1, 0.15) is 42.1 Å². The molecular weight excluding hydrogens is 354 g/mol. The van der Waals surface area contributed by atoms with E-state index in [0.29, 0.717) is 17.2 Å². The Morgan fingerprint density at radius 2 is 1.62 bits per heavy atom. The van der Waals surface area contributed by atoms with Crippen LogP contribution in [0.3, 0.4) is 0 Å². The van der Waals surface area contributed by atoms with Crippen molar-refractivity contribution in [3.8, 4) is 0 Å². The summed E-state index contributed by atoms with van der Waals surface area (Å²) in [7, 11) is -3.88. The first kappa shape index (κ1) is 19.7. The van der Waals surface area contributed by atoms with E-state index in [1.54, 1.807) is 12.1 Å². The van der Waals surface area contributed by atoms with Crippen LogP contribution in [0.2, 0.25) is 0 Å². The lowest BCUT2D eigenvalue weighted by Crippen LogP contribution is -2.15. The molecule has 0 spiro atoms. The topological polar surface area (TPSA) is 101 Å². The van der Waals surface area contributed by atoms with Crippen LogP contribution >= 0.6 is 0 Å². The zero-order chi connectivity index (χ0) is 19.3. The maximum absolute atomic E-state index is 12.3. The predicted molar refractivity (Wildman–Crippen MR) is 99.2 cm³/mol. The second-order valence-electron chi connectivity index (χ2n) is 6.06. The second kappa shape index (κ2) is 8.14. The van der Waals surface area contributed by atoms with E-state index in [4.69, 9.17) is 5.11 Å². The molecule has 0 bridgehead atoms. The number of rotatable bonds is 7. The Bertz CT molecular complexity index is 887.